The Morgan fingerprint density at radius 1 is 1.75 bits per heavy atom. The highest BCUT2D eigenvalue weighted by Gasteiger charge is 2.27. The highest BCUT2D eigenvalue weighted by Crippen LogP contribution is 2.20. The fraction of sp³-hybridized carbons (Fsp3) is 0.500. The van der Waals surface area contributed by atoms with Crippen LogP contribution in [0.3, 0.4) is 0 Å². The van der Waals surface area contributed by atoms with Crippen LogP contribution in [0.15, 0.2) is 5.38 Å². The van der Waals surface area contributed by atoms with Gasteiger partial charge < -0.3 is 10.0 Å². The summed E-state index contributed by atoms with van der Waals surface area (Å²) in [5, 5.41) is 10.5. The molecule has 1 saturated heterocycles. The Balaban J connectivity index is 2.04. The van der Waals surface area contributed by atoms with Crippen molar-refractivity contribution in [2.75, 3.05) is 6.54 Å². The average Bonchev–Trinajstić information content (AvgIpc) is 2.75. The summed E-state index contributed by atoms with van der Waals surface area (Å²) in [7, 11) is 0. The Hall–Kier alpha value is -1.43. The molecule has 2 heterocycles. The number of carbonyl (C=O) groups excluding carboxylic acids is 1. The van der Waals surface area contributed by atoms with Crippen molar-refractivity contribution in [3.05, 3.63) is 16.1 Å². The van der Waals surface area contributed by atoms with E-state index in [1.807, 2.05) is 6.92 Å². The molecule has 1 unspecified atom stereocenters. The normalized spacial score (nSPS) is 20.4. The Bertz CT molecular complexity index is 429. The maximum Gasteiger partial charge on any atom is 0.365 e. The summed E-state index contributed by atoms with van der Waals surface area (Å²) >= 11 is 1.09. The molecule has 0 spiro atoms. The van der Waals surface area contributed by atoms with E-state index in [2.05, 4.69) is 4.98 Å². The second-order valence-corrected chi connectivity index (χ2v) is 4.89. The van der Waals surface area contributed by atoms with Crippen molar-refractivity contribution in [1.29, 1.82) is 0 Å². The van der Waals surface area contributed by atoms with Crippen molar-refractivity contribution < 1.29 is 14.7 Å². The van der Waals surface area contributed by atoms with Crippen LogP contribution in [0.5, 0.6) is 0 Å². The maximum atomic E-state index is 11.5. The van der Waals surface area contributed by atoms with E-state index in [0.29, 0.717) is 24.6 Å². The number of carboxylic acids is 1. The second-order valence-electron chi connectivity index (χ2n) is 4.03. The van der Waals surface area contributed by atoms with E-state index in [0.717, 1.165) is 17.9 Å². The van der Waals surface area contributed by atoms with E-state index in [-0.39, 0.29) is 10.9 Å². The monoisotopic (exact) mass is 240 g/mol. The van der Waals surface area contributed by atoms with Gasteiger partial charge in [0.2, 0.25) is 10.9 Å². The van der Waals surface area contributed by atoms with Crippen molar-refractivity contribution >= 4 is 23.2 Å². The number of aromatic nitrogens is 1. The summed E-state index contributed by atoms with van der Waals surface area (Å²) in [6.45, 7) is 3.19. The van der Waals surface area contributed by atoms with Crippen LogP contribution in [0.4, 0.5) is 0 Å². The van der Waals surface area contributed by atoms with E-state index >= 15 is 0 Å². The first-order valence-electron chi connectivity index (χ1n) is 5.01. The SMILES string of the molecule is CC1CC(=O)N(Cc2csc(C(=O)O)n2)C1. The lowest BCUT2D eigenvalue weighted by molar-refractivity contribution is -0.128. The van der Waals surface area contributed by atoms with E-state index in [1.165, 1.54) is 0 Å². The highest BCUT2D eigenvalue weighted by molar-refractivity contribution is 7.11. The molecule has 0 radical (unpaired) electrons. The van der Waals surface area contributed by atoms with E-state index in [4.69, 9.17) is 5.11 Å². The van der Waals surface area contributed by atoms with Gasteiger partial charge in [-0.25, -0.2) is 9.78 Å². The Morgan fingerprint density at radius 3 is 3.00 bits per heavy atom. The predicted octanol–water partition coefficient (Wildman–Crippen LogP) is 1.21. The molecule has 1 N–H and O–H groups in total. The molecule has 1 aliphatic heterocycles. The molecule has 0 saturated carbocycles. The number of aromatic carboxylic acids is 1. The number of hydrogen-bond acceptors (Lipinski definition) is 4. The van der Waals surface area contributed by atoms with Gasteiger partial charge in [-0.15, -0.1) is 11.3 Å². The third-order valence-corrected chi connectivity index (χ3v) is 3.37. The van der Waals surface area contributed by atoms with Gasteiger partial charge >= 0.3 is 5.97 Å². The molecular formula is C10H12N2O3S. The first-order chi connectivity index (χ1) is 7.56. The van der Waals surface area contributed by atoms with Gasteiger partial charge in [0.1, 0.15) is 0 Å². The molecule has 0 bridgehead atoms. The molecule has 1 amide bonds. The minimum atomic E-state index is -1.02. The summed E-state index contributed by atoms with van der Waals surface area (Å²) in [6.07, 6.45) is 0.579. The van der Waals surface area contributed by atoms with Crippen LogP contribution < -0.4 is 0 Å². The van der Waals surface area contributed by atoms with E-state index in [1.54, 1.807) is 10.3 Å². The Labute approximate surface area is 96.7 Å². The lowest BCUT2D eigenvalue weighted by Crippen LogP contribution is -2.24. The van der Waals surface area contributed by atoms with Gasteiger partial charge in [-0.1, -0.05) is 6.92 Å². The van der Waals surface area contributed by atoms with Gasteiger partial charge in [0.15, 0.2) is 0 Å². The smallest absolute Gasteiger partial charge is 0.365 e. The molecule has 0 aromatic carbocycles. The lowest BCUT2D eigenvalue weighted by Gasteiger charge is -2.13. The lowest BCUT2D eigenvalue weighted by atomic mass is 10.2. The number of likely N-dealkylation sites (tertiary alicyclic amines) is 1. The Kier molecular flexibility index (Phi) is 2.91. The van der Waals surface area contributed by atoms with Crippen molar-refractivity contribution in [2.24, 2.45) is 5.92 Å². The molecule has 1 aromatic heterocycles. The molecule has 1 atom stereocenters. The zero-order valence-corrected chi connectivity index (χ0v) is 9.66. The predicted molar refractivity (Wildman–Crippen MR) is 58.3 cm³/mol. The molecule has 5 nitrogen and oxygen atoms in total. The highest BCUT2D eigenvalue weighted by atomic mass is 32.1. The van der Waals surface area contributed by atoms with Crippen molar-refractivity contribution in [3.63, 3.8) is 0 Å². The van der Waals surface area contributed by atoms with Gasteiger partial charge in [-0.05, 0) is 5.92 Å². The van der Waals surface area contributed by atoms with E-state index in [9.17, 15) is 9.59 Å². The van der Waals surface area contributed by atoms with Gasteiger partial charge in [0, 0.05) is 18.3 Å². The van der Waals surface area contributed by atoms with Gasteiger partial charge in [-0.3, -0.25) is 4.79 Å². The summed E-state index contributed by atoms with van der Waals surface area (Å²) in [5.41, 5.74) is 0.657. The van der Waals surface area contributed by atoms with Crippen LogP contribution in [-0.4, -0.2) is 33.4 Å². The maximum absolute atomic E-state index is 11.5. The van der Waals surface area contributed by atoms with Crippen LogP contribution in [0.1, 0.15) is 28.8 Å². The standard InChI is InChI=1S/C10H12N2O3S/c1-6-2-8(13)12(3-6)4-7-5-16-9(11-7)10(14)15/h5-6H,2-4H2,1H3,(H,14,15). The molecule has 6 heteroatoms. The van der Waals surface area contributed by atoms with Gasteiger partial charge in [0.05, 0.1) is 12.2 Å². The number of amides is 1. The van der Waals surface area contributed by atoms with Crippen molar-refractivity contribution in [1.82, 2.24) is 9.88 Å². The van der Waals surface area contributed by atoms with E-state index < -0.39 is 5.97 Å². The van der Waals surface area contributed by atoms with Gasteiger partial charge in [0.25, 0.3) is 0 Å². The van der Waals surface area contributed by atoms with Gasteiger partial charge in [-0.2, -0.15) is 0 Å². The molecule has 86 valence electrons. The largest absolute Gasteiger partial charge is 0.476 e. The topological polar surface area (TPSA) is 70.5 Å². The zero-order chi connectivity index (χ0) is 11.7. The average molecular weight is 240 g/mol. The van der Waals surface area contributed by atoms with Crippen LogP contribution in [-0.2, 0) is 11.3 Å². The number of carboxylic acid groups (broad SMARTS) is 1. The summed E-state index contributed by atoms with van der Waals surface area (Å²) in [6, 6.07) is 0. The quantitative estimate of drug-likeness (QED) is 0.862. The van der Waals surface area contributed by atoms with Crippen LogP contribution in [0.2, 0.25) is 0 Å². The summed E-state index contributed by atoms with van der Waals surface area (Å²) in [5.74, 6) is -0.514. The molecule has 1 aliphatic rings. The molecule has 16 heavy (non-hydrogen) atoms. The molecular weight excluding hydrogens is 228 g/mol. The minimum absolute atomic E-state index is 0.0784. The zero-order valence-electron chi connectivity index (χ0n) is 8.84. The fourth-order valence-electron chi connectivity index (χ4n) is 1.80. The number of thiazole rings is 1. The number of nitrogens with zero attached hydrogens (tertiary/aromatic N) is 2. The van der Waals surface area contributed by atoms with Crippen molar-refractivity contribution in [3.8, 4) is 0 Å². The Morgan fingerprint density at radius 2 is 2.50 bits per heavy atom. The first kappa shape index (κ1) is 11.1. The number of hydrogen-bond donors (Lipinski definition) is 1. The summed E-state index contributed by atoms with van der Waals surface area (Å²) < 4.78 is 0. The minimum Gasteiger partial charge on any atom is -0.476 e. The first-order valence-corrected chi connectivity index (χ1v) is 5.89. The van der Waals surface area contributed by atoms with Crippen LogP contribution in [0, 0.1) is 5.92 Å². The third-order valence-electron chi connectivity index (χ3n) is 2.50. The summed E-state index contributed by atoms with van der Waals surface area (Å²) in [4.78, 5) is 27.8. The molecule has 2 rings (SSSR count). The third kappa shape index (κ3) is 2.21. The molecule has 0 aliphatic carbocycles. The van der Waals surface area contributed by atoms with Crippen LogP contribution in [0.25, 0.3) is 0 Å². The fourth-order valence-corrected chi connectivity index (χ4v) is 2.44. The number of rotatable bonds is 3. The van der Waals surface area contributed by atoms with Crippen molar-refractivity contribution in [2.45, 2.75) is 19.9 Å². The van der Waals surface area contributed by atoms with Crippen LogP contribution >= 0.6 is 11.3 Å². The number of carbonyl (C=O) groups is 2. The molecule has 1 aromatic rings. The molecule has 1 fully saturated rings. The second kappa shape index (κ2) is 4.21.